The maximum atomic E-state index is 10.5. The van der Waals surface area contributed by atoms with Crippen LogP contribution < -0.4 is 31.6 Å². The summed E-state index contributed by atoms with van der Waals surface area (Å²) in [7, 11) is 0. The average Bonchev–Trinajstić information content (AvgIpc) is 3.04. The minimum atomic E-state index is -0.458. The molecule has 6 nitrogen and oxygen atoms in total. The van der Waals surface area contributed by atoms with Crippen LogP contribution in [-0.4, -0.2) is 25.8 Å². The van der Waals surface area contributed by atoms with Crippen LogP contribution >= 0.6 is 0 Å². The van der Waals surface area contributed by atoms with E-state index in [2.05, 4.69) is 0 Å². The summed E-state index contributed by atoms with van der Waals surface area (Å²) in [6, 6.07) is 21.7. The van der Waals surface area contributed by atoms with E-state index >= 15 is 0 Å². The van der Waals surface area contributed by atoms with Crippen LogP contribution in [0.3, 0.4) is 0 Å². The summed E-state index contributed by atoms with van der Waals surface area (Å²) in [4.78, 5) is 31.5. The zero-order valence-electron chi connectivity index (χ0n) is 14.7. The topological polar surface area (TPSA) is 120 Å². The minimum absolute atomic E-state index is 0. The van der Waals surface area contributed by atoms with Crippen molar-refractivity contribution in [1.82, 2.24) is 0 Å². The first kappa shape index (κ1) is 24.9. The second kappa shape index (κ2) is 14.1. The van der Waals surface area contributed by atoms with Crippen molar-refractivity contribution < 1.29 is 15.3 Å². The van der Waals surface area contributed by atoms with Crippen LogP contribution in [0, 0.1) is 0 Å². The molecule has 3 rings (SSSR count). The molecule has 0 unspecified atom stereocenters. The summed E-state index contributed by atoms with van der Waals surface area (Å²) < 4.78 is 0. The Morgan fingerprint density at radius 2 is 0.607 bits per heavy atom. The van der Waals surface area contributed by atoms with E-state index < -0.39 is 33.5 Å². The predicted molar refractivity (Wildman–Crippen MR) is 102 cm³/mol. The molecule has 0 fully saturated rings. The van der Waals surface area contributed by atoms with E-state index in [9.17, 15) is 29.7 Å². The third-order valence-corrected chi connectivity index (χ3v) is 2.88. The molecule has 0 aliphatic carbocycles. The molecule has 0 N–H and O–H groups in total. The Balaban J connectivity index is 0.000000384. The molecule has 0 aromatic heterocycles. The van der Waals surface area contributed by atoms with Crippen LogP contribution in [0.5, 0.6) is 17.2 Å². The predicted octanol–water partition coefficient (Wildman–Crippen LogP) is -0.0196. The van der Waals surface area contributed by atoms with E-state index in [1.165, 1.54) is 36.4 Å². The minimum Gasteiger partial charge on any atom is -0.870 e. The summed E-state index contributed by atoms with van der Waals surface area (Å²) in [5.41, 5.74) is -1.37. The summed E-state index contributed by atoms with van der Waals surface area (Å²) in [6.07, 6.45) is 0. The second-order valence-corrected chi connectivity index (χ2v) is 4.92. The van der Waals surface area contributed by atoms with E-state index in [0.717, 1.165) is 0 Å². The Kier molecular flexibility index (Phi) is 12.5. The van der Waals surface area contributed by atoms with Crippen molar-refractivity contribution in [1.29, 1.82) is 0 Å². The van der Waals surface area contributed by atoms with Crippen molar-refractivity contribution in [2.75, 3.05) is 0 Å². The van der Waals surface area contributed by atoms with Gasteiger partial charge in [-0.25, -0.2) is 0 Å². The smallest absolute Gasteiger partial charge is 0.870 e. The van der Waals surface area contributed by atoms with Crippen molar-refractivity contribution in [3.05, 3.63) is 122 Å². The van der Waals surface area contributed by atoms with Gasteiger partial charge in [0.05, 0.1) is 0 Å². The standard InChI is InChI=1S/3C7H6O2.In/c3*8-6-4-2-1-3-5-7(6)9;/h3*1-5H,(H,8,9);/q;;;+3/p-3/i;;;1-4. The first-order valence-electron chi connectivity index (χ1n) is 7.71. The molecule has 0 saturated heterocycles. The van der Waals surface area contributed by atoms with E-state index in [1.54, 1.807) is 54.6 Å². The SMILES string of the molecule is O=c1cccccc1[O-].O=c1cccccc1[O-].O=c1cccccc1[O-].[111In+3]. The quantitative estimate of drug-likeness (QED) is 0.452. The summed E-state index contributed by atoms with van der Waals surface area (Å²) >= 11 is 0. The van der Waals surface area contributed by atoms with Gasteiger partial charge in [0.15, 0.2) is 16.3 Å². The van der Waals surface area contributed by atoms with E-state index in [4.69, 9.17) is 0 Å². The molecule has 0 spiro atoms. The average molecular weight is 474 g/mol. The molecule has 28 heavy (non-hydrogen) atoms. The molecule has 0 saturated carbocycles. The van der Waals surface area contributed by atoms with Gasteiger partial charge in [-0.3, -0.25) is 14.4 Å². The number of hydrogen-bond acceptors (Lipinski definition) is 6. The maximum absolute atomic E-state index is 10.5. The first-order valence-corrected chi connectivity index (χ1v) is 7.71. The molecule has 0 aliphatic heterocycles. The van der Waals surface area contributed by atoms with E-state index in [1.807, 2.05) is 0 Å². The van der Waals surface area contributed by atoms with Gasteiger partial charge in [-0.2, -0.15) is 0 Å². The summed E-state index contributed by atoms with van der Waals surface area (Å²) in [5.74, 6) is -1.37. The van der Waals surface area contributed by atoms with Crippen LogP contribution in [0.2, 0.25) is 0 Å². The number of rotatable bonds is 0. The number of hydrogen-bond donors (Lipinski definition) is 0. The third kappa shape index (κ3) is 10.2. The molecule has 0 heterocycles. The first-order chi connectivity index (χ1) is 12.9. The molecule has 7 heteroatoms. The van der Waals surface area contributed by atoms with Gasteiger partial charge >= 0.3 is 25.8 Å². The zero-order valence-corrected chi connectivity index (χ0v) is 18.0. The van der Waals surface area contributed by atoms with Crippen molar-refractivity contribution in [3.8, 4) is 17.2 Å². The van der Waals surface area contributed by atoms with Crippen molar-refractivity contribution in [2.24, 2.45) is 0 Å². The third-order valence-electron chi connectivity index (χ3n) is 2.88. The Bertz CT molecular complexity index is 906. The Morgan fingerprint density at radius 3 is 0.857 bits per heavy atom. The van der Waals surface area contributed by atoms with Crippen LogP contribution in [0.1, 0.15) is 0 Å². The monoisotopic (exact) mass is 474 g/mol. The van der Waals surface area contributed by atoms with Gasteiger partial charge < -0.3 is 15.3 Å². The fraction of sp³-hybridized carbons (Fsp3) is 0. The van der Waals surface area contributed by atoms with Crippen molar-refractivity contribution in [3.63, 3.8) is 0 Å². The van der Waals surface area contributed by atoms with Gasteiger partial charge in [0.1, 0.15) is 0 Å². The van der Waals surface area contributed by atoms with Gasteiger partial charge in [-0.1, -0.05) is 90.0 Å². The molecule has 138 valence electrons. The van der Waals surface area contributed by atoms with Crippen molar-refractivity contribution in [2.45, 2.75) is 0 Å². The molecular weight excluding hydrogens is 459 g/mol. The summed E-state index contributed by atoms with van der Waals surface area (Å²) in [5, 5.41) is 31.5. The van der Waals surface area contributed by atoms with Gasteiger partial charge in [0, 0.05) is 0 Å². The molecular formula is C21H15InO6. The fourth-order valence-electron chi connectivity index (χ4n) is 1.54. The van der Waals surface area contributed by atoms with E-state index in [0.29, 0.717) is 0 Å². The maximum Gasteiger partial charge on any atom is 3.00 e. The van der Waals surface area contributed by atoms with Gasteiger partial charge in [0.2, 0.25) is 0 Å². The summed E-state index contributed by atoms with van der Waals surface area (Å²) in [6.45, 7) is 0. The van der Waals surface area contributed by atoms with Gasteiger partial charge in [-0.05, 0) is 18.2 Å². The Morgan fingerprint density at radius 1 is 0.393 bits per heavy atom. The molecule has 0 aliphatic rings. The van der Waals surface area contributed by atoms with Crippen LogP contribution in [0.4, 0.5) is 0 Å². The second-order valence-electron chi connectivity index (χ2n) is 4.92. The van der Waals surface area contributed by atoms with Crippen LogP contribution in [0.15, 0.2) is 105 Å². The fourth-order valence-corrected chi connectivity index (χ4v) is 1.54. The van der Waals surface area contributed by atoms with Gasteiger partial charge in [-0.15, -0.1) is 0 Å². The van der Waals surface area contributed by atoms with Crippen LogP contribution in [-0.2, 0) is 0 Å². The van der Waals surface area contributed by atoms with Crippen molar-refractivity contribution >= 4 is 25.8 Å². The molecule has 0 radical (unpaired) electrons. The molecule has 3 aromatic carbocycles. The van der Waals surface area contributed by atoms with Gasteiger partial charge in [0.25, 0.3) is 0 Å². The molecule has 0 amide bonds. The largest absolute Gasteiger partial charge is 3.00 e. The zero-order chi connectivity index (χ0) is 20.1. The Labute approximate surface area is 179 Å². The molecule has 0 atom stereocenters. The molecule has 0 bridgehead atoms. The van der Waals surface area contributed by atoms with Crippen LogP contribution in [0.25, 0.3) is 0 Å². The molecule has 3 aromatic rings. The normalized spacial score (nSPS) is 8.57. The Hall–Kier alpha value is -3.06. The van der Waals surface area contributed by atoms with E-state index in [-0.39, 0.29) is 25.8 Å².